The van der Waals surface area contributed by atoms with Gasteiger partial charge in [-0.1, -0.05) is 49.7 Å². The summed E-state index contributed by atoms with van der Waals surface area (Å²) in [6.07, 6.45) is 2.72. The van der Waals surface area contributed by atoms with E-state index in [1.54, 1.807) is 6.21 Å². The molecule has 186 valence electrons. The molecule has 3 aromatic rings. The molecule has 0 heterocycles. The van der Waals surface area contributed by atoms with Crippen molar-refractivity contribution in [2.75, 3.05) is 39.3 Å². The molecule has 0 fully saturated rings. The van der Waals surface area contributed by atoms with Crippen molar-refractivity contribution in [1.29, 1.82) is 0 Å². The van der Waals surface area contributed by atoms with E-state index in [2.05, 4.69) is 34.6 Å². The minimum Gasteiger partial charge on any atom is -0.506 e. The zero-order valence-corrected chi connectivity index (χ0v) is 21.0. The van der Waals surface area contributed by atoms with Crippen LogP contribution in [0, 0.1) is 0 Å². The van der Waals surface area contributed by atoms with Gasteiger partial charge in [0.05, 0.1) is 11.2 Å². The number of hydrazone groups is 1. The number of phenolic OH excluding ortho intramolecular Hbond substituents is 1. The van der Waals surface area contributed by atoms with Crippen molar-refractivity contribution in [3.63, 3.8) is 0 Å². The molecular formula is C27H33ClN4O3. The molecule has 0 atom stereocenters. The Bertz CT molecular complexity index is 1150. The Kier molecular flexibility index (Phi) is 10.3. The summed E-state index contributed by atoms with van der Waals surface area (Å²) < 4.78 is 6.05. The Hall–Kier alpha value is -3.13. The third-order valence-corrected chi connectivity index (χ3v) is 6.06. The van der Waals surface area contributed by atoms with Crippen LogP contribution in [-0.4, -0.2) is 61.5 Å². The number of rotatable bonds is 13. The topological polar surface area (TPSA) is 86.2 Å². The highest BCUT2D eigenvalue weighted by molar-refractivity contribution is 6.32. The van der Waals surface area contributed by atoms with Gasteiger partial charge >= 0.3 is 0 Å². The SMILES string of the molecule is CCN(CC)CCCNCCOc1ccc(/C=N/NC(=O)c2ccc(O)c(Cl)c2)c2ccccc12. The summed E-state index contributed by atoms with van der Waals surface area (Å²) in [7, 11) is 0. The predicted octanol–water partition coefficient (Wildman–Crippen LogP) is 4.66. The van der Waals surface area contributed by atoms with Crippen LogP contribution in [0.25, 0.3) is 10.8 Å². The molecule has 0 aliphatic heterocycles. The summed E-state index contributed by atoms with van der Waals surface area (Å²) >= 11 is 5.87. The van der Waals surface area contributed by atoms with E-state index in [9.17, 15) is 9.90 Å². The van der Waals surface area contributed by atoms with Crippen molar-refractivity contribution in [2.24, 2.45) is 5.10 Å². The van der Waals surface area contributed by atoms with E-state index in [1.807, 2.05) is 36.4 Å². The zero-order valence-electron chi connectivity index (χ0n) is 20.3. The third-order valence-electron chi connectivity index (χ3n) is 5.76. The van der Waals surface area contributed by atoms with Crippen molar-refractivity contribution in [2.45, 2.75) is 20.3 Å². The quantitative estimate of drug-likeness (QED) is 0.182. The van der Waals surface area contributed by atoms with E-state index in [-0.39, 0.29) is 10.8 Å². The molecule has 35 heavy (non-hydrogen) atoms. The Morgan fingerprint density at radius 1 is 1.09 bits per heavy atom. The van der Waals surface area contributed by atoms with Crippen LogP contribution in [-0.2, 0) is 0 Å². The number of ether oxygens (including phenoxy) is 1. The van der Waals surface area contributed by atoms with E-state index < -0.39 is 5.91 Å². The first-order valence-electron chi connectivity index (χ1n) is 11.9. The fourth-order valence-corrected chi connectivity index (χ4v) is 3.91. The fraction of sp³-hybridized carbons (Fsp3) is 0.333. The number of nitrogens with zero attached hydrogens (tertiary/aromatic N) is 2. The van der Waals surface area contributed by atoms with Gasteiger partial charge in [-0.25, -0.2) is 5.43 Å². The lowest BCUT2D eigenvalue weighted by Crippen LogP contribution is -2.28. The molecule has 0 saturated heterocycles. The zero-order chi connectivity index (χ0) is 25.0. The molecule has 3 rings (SSSR count). The number of amides is 1. The van der Waals surface area contributed by atoms with Crippen LogP contribution < -0.4 is 15.5 Å². The first-order valence-corrected chi connectivity index (χ1v) is 12.3. The highest BCUT2D eigenvalue weighted by Crippen LogP contribution is 2.28. The second-order valence-electron chi connectivity index (χ2n) is 8.04. The Labute approximate surface area is 211 Å². The highest BCUT2D eigenvalue weighted by atomic mass is 35.5. The molecule has 3 aromatic carbocycles. The summed E-state index contributed by atoms with van der Waals surface area (Å²) in [5.74, 6) is 0.314. The average molecular weight is 497 g/mol. The molecule has 1 amide bonds. The first-order chi connectivity index (χ1) is 17.0. The standard InChI is InChI=1S/C27H33ClN4O3/c1-3-32(4-2)16-7-14-29-15-17-35-26-13-11-21(22-8-5-6-9-23(22)26)19-30-31-27(34)20-10-12-25(33)24(28)18-20/h5-6,8-13,18-19,29,33H,3-4,7,14-17H2,1-2H3,(H,31,34)/b30-19+. The lowest BCUT2D eigenvalue weighted by molar-refractivity contribution is 0.0955. The van der Waals surface area contributed by atoms with Gasteiger partial charge in [0, 0.05) is 23.1 Å². The van der Waals surface area contributed by atoms with Crippen LogP contribution >= 0.6 is 11.6 Å². The number of benzene rings is 3. The van der Waals surface area contributed by atoms with Crippen LogP contribution in [0.5, 0.6) is 11.5 Å². The predicted molar refractivity (Wildman–Crippen MR) is 143 cm³/mol. The molecule has 0 bridgehead atoms. The van der Waals surface area contributed by atoms with E-state index >= 15 is 0 Å². The van der Waals surface area contributed by atoms with Crippen molar-refractivity contribution >= 4 is 34.5 Å². The molecule has 0 saturated carbocycles. The summed E-state index contributed by atoms with van der Waals surface area (Å²) in [6.45, 7) is 10.00. The molecule has 3 N–H and O–H groups in total. The van der Waals surface area contributed by atoms with Crippen molar-refractivity contribution < 1.29 is 14.6 Å². The number of halogens is 1. The first kappa shape index (κ1) is 26.5. The maximum atomic E-state index is 12.3. The second-order valence-corrected chi connectivity index (χ2v) is 8.45. The number of fused-ring (bicyclic) bond motifs is 1. The largest absolute Gasteiger partial charge is 0.506 e. The summed E-state index contributed by atoms with van der Waals surface area (Å²) in [6, 6.07) is 16.0. The van der Waals surface area contributed by atoms with Crippen molar-refractivity contribution in [1.82, 2.24) is 15.6 Å². The molecule has 0 unspecified atom stereocenters. The maximum absolute atomic E-state index is 12.3. The molecule has 0 aliphatic rings. The van der Waals surface area contributed by atoms with Gasteiger partial charge in [-0.3, -0.25) is 4.79 Å². The van der Waals surface area contributed by atoms with Gasteiger partial charge in [-0.2, -0.15) is 5.10 Å². The van der Waals surface area contributed by atoms with Crippen LogP contribution in [0.2, 0.25) is 5.02 Å². The minimum absolute atomic E-state index is 0.0773. The number of hydrogen-bond donors (Lipinski definition) is 3. The average Bonchev–Trinajstić information content (AvgIpc) is 2.88. The van der Waals surface area contributed by atoms with Gasteiger partial charge in [0.2, 0.25) is 0 Å². The lowest BCUT2D eigenvalue weighted by atomic mass is 10.0. The fourth-order valence-electron chi connectivity index (χ4n) is 3.73. The van der Waals surface area contributed by atoms with Gasteiger partial charge in [0.1, 0.15) is 18.1 Å². The van der Waals surface area contributed by atoms with E-state index in [0.29, 0.717) is 12.2 Å². The van der Waals surface area contributed by atoms with Gasteiger partial charge in [-0.15, -0.1) is 0 Å². The van der Waals surface area contributed by atoms with E-state index in [4.69, 9.17) is 16.3 Å². The molecule has 8 heteroatoms. The molecule has 0 aliphatic carbocycles. The van der Waals surface area contributed by atoms with Gasteiger partial charge in [0.15, 0.2) is 0 Å². The number of carbonyl (C=O) groups is 1. The molecule has 0 aromatic heterocycles. The second kappa shape index (κ2) is 13.7. The number of nitrogens with one attached hydrogen (secondary N) is 2. The molecule has 0 radical (unpaired) electrons. The van der Waals surface area contributed by atoms with Gasteiger partial charge in [-0.05, 0) is 68.3 Å². The highest BCUT2D eigenvalue weighted by Gasteiger charge is 2.09. The van der Waals surface area contributed by atoms with Crippen molar-refractivity contribution in [3.8, 4) is 11.5 Å². The lowest BCUT2D eigenvalue weighted by Gasteiger charge is -2.17. The number of hydrogen-bond acceptors (Lipinski definition) is 6. The van der Waals surface area contributed by atoms with Gasteiger partial charge < -0.3 is 20.1 Å². The monoisotopic (exact) mass is 496 g/mol. The summed E-state index contributed by atoms with van der Waals surface area (Å²) in [5, 5.41) is 19.1. The molecule has 0 spiro atoms. The number of aromatic hydroxyl groups is 1. The molecule has 7 nitrogen and oxygen atoms in total. The van der Waals surface area contributed by atoms with E-state index in [1.165, 1.54) is 18.2 Å². The Morgan fingerprint density at radius 2 is 1.86 bits per heavy atom. The van der Waals surface area contributed by atoms with Crippen LogP contribution in [0.3, 0.4) is 0 Å². The number of phenols is 1. The maximum Gasteiger partial charge on any atom is 0.271 e. The summed E-state index contributed by atoms with van der Waals surface area (Å²) in [4.78, 5) is 14.7. The third kappa shape index (κ3) is 7.68. The number of carbonyl (C=O) groups excluding carboxylic acids is 1. The minimum atomic E-state index is -0.419. The van der Waals surface area contributed by atoms with Crippen molar-refractivity contribution in [3.05, 3.63) is 70.7 Å². The summed E-state index contributed by atoms with van der Waals surface area (Å²) in [5.41, 5.74) is 3.65. The molecular weight excluding hydrogens is 464 g/mol. The van der Waals surface area contributed by atoms with Gasteiger partial charge in [0.25, 0.3) is 5.91 Å². The Balaban J connectivity index is 1.55. The normalized spacial score (nSPS) is 11.4. The smallest absolute Gasteiger partial charge is 0.271 e. The Morgan fingerprint density at radius 3 is 2.60 bits per heavy atom. The van der Waals surface area contributed by atoms with Crippen LogP contribution in [0.15, 0.2) is 59.7 Å². The van der Waals surface area contributed by atoms with E-state index in [0.717, 1.165) is 61.2 Å². The van der Waals surface area contributed by atoms with Crippen LogP contribution in [0.4, 0.5) is 0 Å². The van der Waals surface area contributed by atoms with Crippen LogP contribution in [0.1, 0.15) is 36.2 Å².